The highest BCUT2D eigenvalue weighted by molar-refractivity contribution is 6.05. The average Bonchev–Trinajstić information content (AvgIpc) is 3.73. The van der Waals surface area contributed by atoms with E-state index in [0.29, 0.717) is 40.5 Å². The van der Waals surface area contributed by atoms with Crippen molar-refractivity contribution < 1.29 is 9.59 Å². The van der Waals surface area contributed by atoms with Crippen molar-refractivity contribution in [2.24, 2.45) is 0 Å². The van der Waals surface area contributed by atoms with Crippen molar-refractivity contribution in [3.63, 3.8) is 0 Å². The van der Waals surface area contributed by atoms with Gasteiger partial charge >= 0.3 is 0 Å². The van der Waals surface area contributed by atoms with Crippen molar-refractivity contribution in [1.82, 2.24) is 30.2 Å². The minimum Gasteiger partial charge on any atom is -0.293 e. The van der Waals surface area contributed by atoms with E-state index in [-0.39, 0.29) is 35.7 Å². The molecule has 2 heterocycles. The summed E-state index contributed by atoms with van der Waals surface area (Å²) in [4.78, 5) is 55.7. The molecule has 0 radical (unpaired) electrons. The monoisotopic (exact) mass is 486 g/mol. The normalized spacial score (nSPS) is 13.1. The second kappa shape index (κ2) is 9.73. The van der Waals surface area contributed by atoms with Crippen molar-refractivity contribution in [2.75, 3.05) is 0 Å². The molecule has 184 valence electrons. The summed E-state index contributed by atoms with van der Waals surface area (Å²) < 4.78 is 2.96. The quantitative estimate of drug-likeness (QED) is 0.386. The van der Waals surface area contributed by atoms with E-state index in [1.165, 1.54) is 4.68 Å². The summed E-state index contributed by atoms with van der Waals surface area (Å²) >= 11 is 0. The number of hydrogen-bond acceptors (Lipinski definition) is 6. The predicted molar refractivity (Wildman–Crippen MR) is 134 cm³/mol. The van der Waals surface area contributed by atoms with E-state index in [9.17, 15) is 19.2 Å². The Labute approximate surface area is 205 Å². The Hall–Kier alpha value is -4.34. The molecule has 1 fully saturated rings. The standard InChI is InChI=1S/C26H26N6O4/c1-2-15-31-25(35)18-8-4-3-7-17(18)23(30-31)24(34)29-28-22(33)14-13-21-27-20-10-6-5-9-19(20)26(36)32(21)16-11-12-16/h3-10,16H,2,11-15H2,1H3,(H,28,33)(H,29,34). The van der Waals surface area contributed by atoms with Crippen LogP contribution in [-0.2, 0) is 17.8 Å². The van der Waals surface area contributed by atoms with E-state index in [1.807, 2.05) is 19.1 Å². The fourth-order valence-corrected chi connectivity index (χ4v) is 4.32. The molecule has 4 aromatic rings. The van der Waals surface area contributed by atoms with Crippen molar-refractivity contribution in [3.8, 4) is 0 Å². The van der Waals surface area contributed by atoms with Crippen LogP contribution >= 0.6 is 0 Å². The third-order valence-electron chi connectivity index (χ3n) is 6.20. The molecule has 36 heavy (non-hydrogen) atoms. The molecule has 1 saturated carbocycles. The number of rotatable bonds is 7. The van der Waals surface area contributed by atoms with Gasteiger partial charge in [0.25, 0.3) is 17.0 Å². The van der Waals surface area contributed by atoms with Gasteiger partial charge in [-0.05, 0) is 37.5 Å². The molecule has 10 nitrogen and oxygen atoms in total. The molecule has 1 aliphatic rings. The molecule has 1 aliphatic carbocycles. The molecule has 0 aliphatic heterocycles. The largest absolute Gasteiger partial charge is 0.293 e. The Kier molecular flexibility index (Phi) is 6.32. The Morgan fingerprint density at radius 2 is 1.64 bits per heavy atom. The molecule has 2 aromatic heterocycles. The van der Waals surface area contributed by atoms with E-state index in [4.69, 9.17) is 0 Å². The lowest BCUT2D eigenvalue weighted by Crippen LogP contribution is -2.43. The fraction of sp³-hybridized carbons (Fsp3) is 0.308. The smallest absolute Gasteiger partial charge is 0.290 e. The lowest BCUT2D eigenvalue weighted by molar-refractivity contribution is -0.121. The van der Waals surface area contributed by atoms with Gasteiger partial charge in [-0.2, -0.15) is 5.10 Å². The van der Waals surface area contributed by atoms with Gasteiger partial charge in [-0.25, -0.2) is 9.67 Å². The van der Waals surface area contributed by atoms with Crippen LogP contribution in [0.1, 0.15) is 55.0 Å². The van der Waals surface area contributed by atoms with Gasteiger partial charge in [0.05, 0.1) is 16.3 Å². The van der Waals surface area contributed by atoms with Crippen LogP contribution < -0.4 is 22.0 Å². The van der Waals surface area contributed by atoms with Crippen LogP contribution in [0.25, 0.3) is 21.7 Å². The fourth-order valence-electron chi connectivity index (χ4n) is 4.32. The van der Waals surface area contributed by atoms with E-state index in [1.54, 1.807) is 41.0 Å². The van der Waals surface area contributed by atoms with E-state index >= 15 is 0 Å². The Morgan fingerprint density at radius 1 is 0.944 bits per heavy atom. The summed E-state index contributed by atoms with van der Waals surface area (Å²) in [6, 6.07) is 14.0. The van der Waals surface area contributed by atoms with Crippen LogP contribution in [0.3, 0.4) is 0 Å². The van der Waals surface area contributed by atoms with Crippen molar-refractivity contribution >= 4 is 33.5 Å². The molecule has 10 heteroatoms. The Balaban J connectivity index is 1.30. The zero-order valence-electron chi connectivity index (χ0n) is 19.9. The number of benzene rings is 2. The van der Waals surface area contributed by atoms with Crippen LogP contribution in [0.4, 0.5) is 0 Å². The molecule has 0 unspecified atom stereocenters. The molecular formula is C26H26N6O4. The van der Waals surface area contributed by atoms with Crippen molar-refractivity contribution in [3.05, 3.63) is 80.8 Å². The van der Waals surface area contributed by atoms with Crippen LogP contribution in [0.2, 0.25) is 0 Å². The maximum atomic E-state index is 13.0. The van der Waals surface area contributed by atoms with Gasteiger partial charge in [0.15, 0.2) is 5.69 Å². The van der Waals surface area contributed by atoms with Crippen LogP contribution in [0.5, 0.6) is 0 Å². The van der Waals surface area contributed by atoms with Crippen LogP contribution in [-0.4, -0.2) is 31.1 Å². The first kappa shape index (κ1) is 23.4. The number of aryl methyl sites for hydroxylation is 2. The van der Waals surface area contributed by atoms with Gasteiger partial charge < -0.3 is 0 Å². The van der Waals surface area contributed by atoms with E-state index in [2.05, 4.69) is 20.9 Å². The molecule has 0 spiro atoms. The van der Waals surface area contributed by atoms with Crippen molar-refractivity contribution in [1.29, 1.82) is 0 Å². The topological polar surface area (TPSA) is 128 Å². The summed E-state index contributed by atoms with van der Waals surface area (Å²) in [6.07, 6.45) is 2.78. The summed E-state index contributed by atoms with van der Waals surface area (Å²) in [5.74, 6) is -0.496. The van der Waals surface area contributed by atoms with E-state index in [0.717, 1.165) is 12.8 Å². The average molecular weight is 487 g/mol. The lowest BCUT2D eigenvalue weighted by Gasteiger charge is -2.13. The number of carbonyl (C=O) groups is 2. The highest BCUT2D eigenvalue weighted by Crippen LogP contribution is 2.34. The zero-order chi connectivity index (χ0) is 25.2. The van der Waals surface area contributed by atoms with Crippen LogP contribution in [0.15, 0.2) is 58.1 Å². The lowest BCUT2D eigenvalue weighted by atomic mass is 10.1. The van der Waals surface area contributed by atoms with Gasteiger partial charge in [0.1, 0.15) is 5.82 Å². The molecule has 2 amide bonds. The number of para-hydroxylation sites is 1. The number of nitrogens with zero attached hydrogens (tertiary/aromatic N) is 4. The first-order valence-corrected chi connectivity index (χ1v) is 12.1. The number of hydrogen-bond donors (Lipinski definition) is 2. The first-order chi connectivity index (χ1) is 17.5. The SMILES string of the molecule is CCCn1nc(C(=O)NNC(=O)CCc2nc3ccccc3c(=O)n2C2CC2)c2ccccc2c1=O. The molecule has 0 atom stereocenters. The number of nitrogens with one attached hydrogen (secondary N) is 2. The van der Waals surface area contributed by atoms with E-state index < -0.39 is 11.8 Å². The summed E-state index contributed by atoms with van der Waals surface area (Å²) in [7, 11) is 0. The minimum absolute atomic E-state index is 0.0291. The molecule has 2 aromatic carbocycles. The molecule has 0 saturated heterocycles. The molecule has 0 bridgehead atoms. The molecule has 2 N–H and O–H groups in total. The summed E-state index contributed by atoms with van der Waals surface area (Å²) in [6.45, 7) is 2.29. The van der Waals surface area contributed by atoms with Gasteiger partial charge in [0.2, 0.25) is 5.91 Å². The van der Waals surface area contributed by atoms with Crippen molar-refractivity contribution in [2.45, 2.75) is 51.6 Å². The Bertz CT molecular complexity index is 1600. The zero-order valence-corrected chi connectivity index (χ0v) is 19.9. The van der Waals surface area contributed by atoms with Gasteiger partial charge in [-0.15, -0.1) is 0 Å². The highest BCUT2D eigenvalue weighted by atomic mass is 16.2. The van der Waals surface area contributed by atoms with Crippen LogP contribution in [0, 0.1) is 0 Å². The number of fused-ring (bicyclic) bond motifs is 2. The third kappa shape index (κ3) is 4.49. The number of hydrazine groups is 1. The second-order valence-electron chi connectivity index (χ2n) is 8.88. The number of carbonyl (C=O) groups excluding carboxylic acids is 2. The number of aromatic nitrogens is 4. The maximum Gasteiger partial charge on any atom is 0.290 e. The summed E-state index contributed by atoms with van der Waals surface area (Å²) in [5, 5.41) is 5.59. The predicted octanol–water partition coefficient (Wildman–Crippen LogP) is 2.25. The highest BCUT2D eigenvalue weighted by Gasteiger charge is 2.28. The molecular weight excluding hydrogens is 460 g/mol. The van der Waals surface area contributed by atoms with Gasteiger partial charge in [-0.3, -0.25) is 34.6 Å². The maximum absolute atomic E-state index is 13.0. The van der Waals surface area contributed by atoms with Gasteiger partial charge in [-0.1, -0.05) is 37.3 Å². The summed E-state index contributed by atoms with van der Waals surface area (Å²) in [5.41, 5.74) is 5.12. The minimum atomic E-state index is -0.622. The first-order valence-electron chi connectivity index (χ1n) is 12.1. The number of amides is 2. The third-order valence-corrected chi connectivity index (χ3v) is 6.20. The second-order valence-corrected chi connectivity index (χ2v) is 8.88. The molecule has 5 rings (SSSR count). The Morgan fingerprint density at radius 3 is 2.36 bits per heavy atom. The van der Waals surface area contributed by atoms with Gasteiger partial charge in [0, 0.05) is 30.8 Å².